The molecule has 1 aromatic heterocycles. The molecule has 3 fully saturated rings. The molecule has 12 heteroatoms. The quantitative estimate of drug-likeness (QED) is 0.418. The van der Waals surface area contributed by atoms with Gasteiger partial charge in [-0.25, -0.2) is 13.4 Å². The van der Waals surface area contributed by atoms with Crippen LogP contribution in [0.3, 0.4) is 0 Å². The van der Waals surface area contributed by atoms with Crippen LogP contribution in [0, 0.1) is 17.8 Å². The fourth-order valence-electron chi connectivity index (χ4n) is 7.05. The number of ether oxygens (including phenoxy) is 2. The number of benzene rings is 1. The number of amides is 3. The maximum atomic E-state index is 14.1. The van der Waals surface area contributed by atoms with Gasteiger partial charge in [-0.15, -0.1) is 0 Å². The molecule has 2 aliphatic carbocycles. The summed E-state index contributed by atoms with van der Waals surface area (Å²) in [4.78, 5) is 47.6. The van der Waals surface area contributed by atoms with Gasteiger partial charge in [0.05, 0.1) is 17.9 Å². The average Bonchev–Trinajstić information content (AvgIpc) is 3.89. The number of nitrogens with one attached hydrogen (secondary N) is 2. The Morgan fingerprint density at radius 3 is 2.68 bits per heavy atom. The van der Waals surface area contributed by atoms with E-state index in [2.05, 4.69) is 28.9 Å². The van der Waals surface area contributed by atoms with Crippen LogP contribution in [0.5, 0.6) is 11.6 Å². The van der Waals surface area contributed by atoms with Crippen LogP contribution >= 0.6 is 0 Å². The average molecular weight is 667 g/mol. The number of sulfonamides is 1. The van der Waals surface area contributed by atoms with E-state index in [9.17, 15) is 22.8 Å². The lowest BCUT2D eigenvalue weighted by atomic mass is 9.91. The predicted octanol–water partition coefficient (Wildman–Crippen LogP) is 4.26. The van der Waals surface area contributed by atoms with Gasteiger partial charge >= 0.3 is 0 Å². The van der Waals surface area contributed by atoms with Gasteiger partial charge in [-0.1, -0.05) is 26.0 Å². The van der Waals surface area contributed by atoms with Gasteiger partial charge in [0.2, 0.25) is 27.7 Å². The highest BCUT2D eigenvalue weighted by Crippen LogP contribution is 2.47. The number of carbonyl (C=O) groups excluding carboxylic acids is 3. The summed E-state index contributed by atoms with van der Waals surface area (Å²) in [5.74, 6) is -0.0820. The molecule has 2 aliphatic heterocycles. The predicted molar refractivity (Wildman–Crippen MR) is 177 cm³/mol. The minimum Gasteiger partial charge on any atom is -0.494 e. The number of aromatic nitrogens is 1. The topological polar surface area (TPSA) is 144 Å². The molecule has 1 saturated heterocycles. The smallest absolute Gasteiger partial charge is 0.259 e. The van der Waals surface area contributed by atoms with E-state index in [4.69, 9.17) is 9.47 Å². The van der Waals surface area contributed by atoms with E-state index in [0.29, 0.717) is 31.2 Å². The summed E-state index contributed by atoms with van der Waals surface area (Å²) >= 11 is 0. The van der Waals surface area contributed by atoms with Crippen molar-refractivity contribution >= 4 is 38.5 Å². The fraction of sp³-hybridized carbons (Fsp3) is 0.600. The van der Waals surface area contributed by atoms with Crippen molar-refractivity contribution in [2.75, 3.05) is 13.2 Å². The monoisotopic (exact) mass is 666 g/mol. The SMILES string of the molecule is CCOc1ccc2c(O[C@@H]3C[C@H]4C(=O)N[C@]5(C(=O)NS(=O)(=O)C6(C)CC6)CC5/C=C\CC[C@H](C)C[C@@H](C)CC(=O)N4C3)nccc2c1. The van der Waals surface area contributed by atoms with Gasteiger partial charge < -0.3 is 19.7 Å². The molecule has 0 bridgehead atoms. The Bertz CT molecular complexity index is 1690. The molecule has 1 unspecified atom stereocenters. The van der Waals surface area contributed by atoms with Crippen LogP contribution in [0.25, 0.3) is 10.8 Å². The summed E-state index contributed by atoms with van der Waals surface area (Å²) in [6.07, 6.45) is 9.40. The van der Waals surface area contributed by atoms with E-state index in [-0.39, 0.29) is 43.6 Å². The molecule has 2 N–H and O–H groups in total. The number of nitrogens with zero attached hydrogens (tertiary/aromatic N) is 2. The van der Waals surface area contributed by atoms with E-state index in [1.54, 1.807) is 18.0 Å². The van der Waals surface area contributed by atoms with E-state index in [1.165, 1.54) is 0 Å². The second-order valence-electron chi connectivity index (χ2n) is 14.3. The molecule has 4 aliphatic rings. The van der Waals surface area contributed by atoms with Crippen molar-refractivity contribution in [3.8, 4) is 11.6 Å². The highest BCUT2D eigenvalue weighted by atomic mass is 32.2. The number of pyridine rings is 1. The molecule has 254 valence electrons. The molecule has 3 heterocycles. The van der Waals surface area contributed by atoms with Gasteiger partial charge in [0, 0.05) is 30.3 Å². The van der Waals surface area contributed by atoms with Crippen LogP contribution in [0.15, 0.2) is 42.6 Å². The first-order chi connectivity index (χ1) is 22.3. The van der Waals surface area contributed by atoms with E-state index >= 15 is 0 Å². The van der Waals surface area contributed by atoms with Gasteiger partial charge in [0.1, 0.15) is 23.4 Å². The minimum atomic E-state index is -3.91. The van der Waals surface area contributed by atoms with Gasteiger partial charge in [-0.3, -0.25) is 19.1 Å². The lowest BCUT2D eigenvalue weighted by Gasteiger charge is -2.28. The molecule has 2 saturated carbocycles. The minimum absolute atomic E-state index is 0.120. The van der Waals surface area contributed by atoms with Crippen molar-refractivity contribution in [3.05, 3.63) is 42.6 Å². The molecular weight excluding hydrogens is 620 g/mol. The van der Waals surface area contributed by atoms with Crippen molar-refractivity contribution in [1.29, 1.82) is 0 Å². The van der Waals surface area contributed by atoms with Crippen molar-refractivity contribution in [2.24, 2.45) is 17.8 Å². The Morgan fingerprint density at radius 1 is 1.15 bits per heavy atom. The van der Waals surface area contributed by atoms with Gasteiger partial charge in [0.25, 0.3) is 5.91 Å². The molecular formula is C35H46N4O7S. The zero-order valence-electron chi connectivity index (χ0n) is 27.7. The van der Waals surface area contributed by atoms with Crippen LogP contribution in [0.2, 0.25) is 0 Å². The number of hydrogen-bond donors (Lipinski definition) is 2. The van der Waals surface area contributed by atoms with Crippen molar-refractivity contribution in [1.82, 2.24) is 19.9 Å². The molecule has 0 spiro atoms. The third-order valence-electron chi connectivity index (χ3n) is 10.3. The fourth-order valence-corrected chi connectivity index (χ4v) is 8.37. The van der Waals surface area contributed by atoms with E-state index in [0.717, 1.165) is 35.8 Å². The Balaban J connectivity index is 1.27. The van der Waals surface area contributed by atoms with Crippen LogP contribution in [-0.4, -0.2) is 71.6 Å². The molecule has 1 aromatic carbocycles. The molecule has 11 nitrogen and oxygen atoms in total. The molecule has 6 rings (SSSR count). The first-order valence-electron chi connectivity index (χ1n) is 16.9. The molecule has 3 amide bonds. The summed E-state index contributed by atoms with van der Waals surface area (Å²) in [6.45, 7) is 8.50. The highest BCUT2D eigenvalue weighted by Gasteiger charge is 2.63. The summed E-state index contributed by atoms with van der Waals surface area (Å²) < 4.78 is 39.4. The van der Waals surface area contributed by atoms with E-state index < -0.39 is 44.3 Å². The number of hydrogen-bond acceptors (Lipinski definition) is 8. The van der Waals surface area contributed by atoms with Crippen LogP contribution < -0.4 is 19.5 Å². The van der Waals surface area contributed by atoms with Crippen LogP contribution in [0.1, 0.15) is 79.1 Å². The second-order valence-corrected chi connectivity index (χ2v) is 16.5. The first-order valence-corrected chi connectivity index (χ1v) is 18.4. The van der Waals surface area contributed by atoms with Crippen LogP contribution in [0.4, 0.5) is 0 Å². The maximum absolute atomic E-state index is 14.1. The Hall–Kier alpha value is -3.67. The lowest BCUT2D eigenvalue weighted by molar-refractivity contribution is -0.140. The molecule has 47 heavy (non-hydrogen) atoms. The van der Waals surface area contributed by atoms with Gasteiger partial charge in [-0.05, 0) is 93.9 Å². The van der Waals surface area contributed by atoms with Gasteiger partial charge in [0.15, 0.2) is 0 Å². The zero-order chi connectivity index (χ0) is 33.6. The van der Waals surface area contributed by atoms with E-state index in [1.807, 2.05) is 43.3 Å². The Morgan fingerprint density at radius 2 is 1.94 bits per heavy atom. The maximum Gasteiger partial charge on any atom is 0.259 e. The third-order valence-corrected chi connectivity index (χ3v) is 12.5. The molecule has 0 radical (unpaired) electrons. The Labute approximate surface area is 276 Å². The summed E-state index contributed by atoms with van der Waals surface area (Å²) in [6, 6.07) is 6.64. The van der Waals surface area contributed by atoms with Gasteiger partial charge in [-0.2, -0.15) is 0 Å². The summed E-state index contributed by atoms with van der Waals surface area (Å²) in [7, 11) is -3.91. The zero-order valence-corrected chi connectivity index (χ0v) is 28.5. The van der Waals surface area contributed by atoms with Crippen LogP contribution in [-0.2, 0) is 24.4 Å². The molecule has 2 aromatic rings. The number of allylic oxidation sites excluding steroid dienone is 1. The summed E-state index contributed by atoms with van der Waals surface area (Å²) in [5.41, 5.74) is -1.41. The Kier molecular flexibility index (Phi) is 9.01. The highest BCUT2D eigenvalue weighted by molar-refractivity contribution is 7.91. The standard InChI is InChI=1S/C35H46N4O7S/c1-5-45-26-10-11-28-24(18-26)12-15-36-32(28)46-27-19-29-31(41)37-35(33(42)38-47(43,44)34(4)13-14-34)20-25(35)9-7-6-8-22(2)16-23(3)17-30(40)39(29)21-27/h7,9-12,15,18,22-23,25,27,29H,5-6,8,13-14,16-17,19-21H2,1-4H3,(H,37,41)(H,38,42)/b9-7-/t22-,23+,25?,27+,29-,35+/m0/s1. The van der Waals surface area contributed by atoms with Crippen molar-refractivity contribution in [3.63, 3.8) is 0 Å². The number of rotatable bonds is 7. The second kappa shape index (κ2) is 12.7. The third kappa shape index (κ3) is 6.84. The largest absolute Gasteiger partial charge is 0.494 e. The molecule has 6 atom stereocenters. The first kappa shape index (κ1) is 33.2. The lowest BCUT2D eigenvalue weighted by Crippen LogP contribution is -2.57. The number of fused-ring (bicyclic) bond motifs is 3. The van der Waals surface area contributed by atoms with Crippen molar-refractivity contribution < 1.29 is 32.3 Å². The van der Waals surface area contributed by atoms with Crippen molar-refractivity contribution in [2.45, 2.75) is 101 Å². The summed E-state index contributed by atoms with van der Waals surface area (Å²) in [5, 5.41) is 4.60. The number of carbonyl (C=O) groups is 3. The normalized spacial score (nSPS) is 31.4.